The van der Waals surface area contributed by atoms with Crippen molar-refractivity contribution in [2.24, 2.45) is 5.92 Å². The van der Waals surface area contributed by atoms with E-state index in [0.717, 1.165) is 10.7 Å². The highest BCUT2D eigenvalue weighted by Gasteiger charge is 2.23. The predicted molar refractivity (Wildman–Crippen MR) is 82.6 cm³/mol. The Morgan fingerprint density at radius 2 is 2.24 bits per heavy atom. The van der Waals surface area contributed by atoms with Crippen molar-refractivity contribution in [1.82, 2.24) is 9.29 Å². The molecule has 1 heterocycles. The Morgan fingerprint density at radius 3 is 2.76 bits per heavy atom. The average Bonchev–Trinajstić information content (AvgIpc) is 2.45. The smallest absolute Gasteiger partial charge is 0.244 e. The summed E-state index contributed by atoms with van der Waals surface area (Å²) < 4.78 is 25.8. The molecule has 1 aromatic rings. The lowest BCUT2D eigenvalue weighted by Crippen LogP contribution is -2.30. The molecule has 1 unspecified atom stereocenters. The van der Waals surface area contributed by atoms with Crippen LogP contribution in [0.2, 0.25) is 5.02 Å². The molecule has 1 atom stereocenters. The number of nitriles is 1. The first-order chi connectivity index (χ1) is 9.82. The number of sulfonamides is 1. The third-order valence-electron chi connectivity index (χ3n) is 2.82. The molecule has 0 aliphatic carbocycles. The molecule has 6 nitrogen and oxygen atoms in total. The third-order valence-corrected chi connectivity index (χ3v) is 4.89. The lowest BCUT2D eigenvalue weighted by Gasteiger charge is -2.18. The van der Waals surface area contributed by atoms with Crippen molar-refractivity contribution in [1.29, 1.82) is 5.26 Å². The Kier molecular flexibility index (Phi) is 6.40. The second-order valence-corrected chi connectivity index (χ2v) is 7.20. The van der Waals surface area contributed by atoms with Crippen molar-refractivity contribution in [2.45, 2.75) is 25.2 Å². The van der Waals surface area contributed by atoms with Gasteiger partial charge >= 0.3 is 0 Å². The minimum atomic E-state index is -3.70. The maximum atomic E-state index is 12.4. The quantitative estimate of drug-likeness (QED) is 0.829. The molecule has 21 heavy (non-hydrogen) atoms. The highest BCUT2D eigenvalue weighted by atomic mass is 35.5. The van der Waals surface area contributed by atoms with Gasteiger partial charge in [-0.25, -0.2) is 13.4 Å². The Hall–Kier alpha value is -1.36. The van der Waals surface area contributed by atoms with Gasteiger partial charge in [-0.2, -0.15) is 9.57 Å². The fourth-order valence-electron chi connectivity index (χ4n) is 1.64. The highest BCUT2D eigenvalue weighted by molar-refractivity contribution is 7.89. The van der Waals surface area contributed by atoms with Gasteiger partial charge in [0.25, 0.3) is 0 Å². The number of halogens is 1. The van der Waals surface area contributed by atoms with E-state index in [1.54, 1.807) is 6.92 Å². The van der Waals surface area contributed by atoms with E-state index in [9.17, 15) is 8.42 Å². The minimum absolute atomic E-state index is 0.0159. The van der Waals surface area contributed by atoms with Crippen LogP contribution in [0, 0.1) is 17.2 Å². The number of hydrogen-bond donors (Lipinski definition) is 1. The summed E-state index contributed by atoms with van der Waals surface area (Å²) in [6, 6.07) is 3.38. The zero-order chi connectivity index (χ0) is 16.0. The summed E-state index contributed by atoms with van der Waals surface area (Å²) in [5.41, 5.74) is 0. The van der Waals surface area contributed by atoms with Gasteiger partial charge < -0.3 is 5.32 Å². The summed E-state index contributed by atoms with van der Waals surface area (Å²) in [5.74, 6) is 0.0733. The van der Waals surface area contributed by atoms with E-state index in [2.05, 4.69) is 10.3 Å². The summed E-state index contributed by atoms with van der Waals surface area (Å²) in [5, 5.41) is 12.0. The van der Waals surface area contributed by atoms with Gasteiger partial charge in [0.05, 0.1) is 17.0 Å². The molecular formula is C13H19ClN4O2S. The second kappa shape index (κ2) is 7.59. The van der Waals surface area contributed by atoms with Gasteiger partial charge in [-0.3, -0.25) is 0 Å². The van der Waals surface area contributed by atoms with Crippen LogP contribution in [0.1, 0.15) is 20.3 Å². The fourth-order valence-corrected chi connectivity index (χ4v) is 3.17. The van der Waals surface area contributed by atoms with Gasteiger partial charge in [0, 0.05) is 26.3 Å². The van der Waals surface area contributed by atoms with Crippen molar-refractivity contribution in [3.8, 4) is 6.07 Å². The maximum absolute atomic E-state index is 12.4. The second-order valence-electron chi connectivity index (χ2n) is 4.74. The Morgan fingerprint density at radius 1 is 1.57 bits per heavy atom. The first-order valence-corrected chi connectivity index (χ1v) is 8.40. The Labute approximate surface area is 130 Å². The third kappa shape index (κ3) is 4.56. The molecule has 0 saturated carbocycles. The molecule has 116 valence electrons. The van der Waals surface area contributed by atoms with Crippen LogP contribution in [0.15, 0.2) is 17.2 Å². The lowest BCUT2D eigenvalue weighted by molar-refractivity contribution is 0.439. The van der Waals surface area contributed by atoms with Crippen molar-refractivity contribution in [2.75, 3.05) is 25.5 Å². The van der Waals surface area contributed by atoms with Crippen LogP contribution in [-0.2, 0) is 10.0 Å². The largest absolute Gasteiger partial charge is 0.369 e. The predicted octanol–water partition coefficient (Wildman–Crippen LogP) is 2.34. The Balaban J connectivity index is 2.99. The van der Waals surface area contributed by atoms with Gasteiger partial charge in [0.1, 0.15) is 10.7 Å². The number of hydrogen-bond acceptors (Lipinski definition) is 5. The van der Waals surface area contributed by atoms with Crippen LogP contribution in [0.25, 0.3) is 0 Å². The summed E-state index contributed by atoms with van der Waals surface area (Å²) in [7, 11) is -2.27. The van der Waals surface area contributed by atoms with E-state index in [4.69, 9.17) is 16.9 Å². The molecule has 0 spiro atoms. The van der Waals surface area contributed by atoms with Crippen LogP contribution >= 0.6 is 11.6 Å². The van der Waals surface area contributed by atoms with Crippen LogP contribution in [0.3, 0.4) is 0 Å². The topological polar surface area (TPSA) is 86.1 Å². The van der Waals surface area contributed by atoms with Gasteiger partial charge in [-0.15, -0.1) is 0 Å². The van der Waals surface area contributed by atoms with Crippen molar-refractivity contribution in [3.05, 3.63) is 17.3 Å². The van der Waals surface area contributed by atoms with Crippen LogP contribution < -0.4 is 5.32 Å². The number of aromatic nitrogens is 1. The van der Waals surface area contributed by atoms with Gasteiger partial charge in [-0.05, 0) is 19.4 Å². The number of rotatable bonds is 7. The maximum Gasteiger partial charge on any atom is 0.244 e. The summed E-state index contributed by atoms with van der Waals surface area (Å²) in [6.07, 6.45) is 2.18. The summed E-state index contributed by atoms with van der Waals surface area (Å²) in [6.45, 7) is 4.49. The lowest BCUT2D eigenvalue weighted by atomic mass is 10.2. The monoisotopic (exact) mass is 330 g/mol. The van der Waals surface area contributed by atoms with Gasteiger partial charge in [0.2, 0.25) is 10.0 Å². The standard InChI is InChI=1S/C13H19ClN4O2S/c1-4-5-16-13-12(14)6-11(8-17-13)21(19,20)18(3)9-10(2)7-15/h6,8,10H,4-5,9H2,1-3H3,(H,16,17). The molecule has 0 bridgehead atoms. The van der Waals surface area contributed by atoms with Crippen LogP contribution in [0.5, 0.6) is 0 Å². The van der Waals surface area contributed by atoms with Gasteiger partial charge in [-0.1, -0.05) is 18.5 Å². The van der Waals surface area contributed by atoms with Crippen LogP contribution in [-0.4, -0.2) is 37.8 Å². The number of anilines is 1. The molecule has 8 heteroatoms. The molecule has 0 saturated heterocycles. The summed E-state index contributed by atoms with van der Waals surface area (Å²) in [4.78, 5) is 4.07. The molecule has 0 amide bonds. The average molecular weight is 331 g/mol. The zero-order valence-corrected chi connectivity index (χ0v) is 13.9. The molecule has 0 aromatic carbocycles. The van der Waals surface area contributed by atoms with E-state index < -0.39 is 15.9 Å². The van der Waals surface area contributed by atoms with E-state index in [-0.39, 0.29) is 16.5 Å². The first-order valence-electron chi connectivity index (χ1n) is 6.58. The molecule has 0 aliphatic rings. The van der Waals surface area contributed by atoms with E-state index in [1.807, 2.05) is 13.0 Å². The molecular weight excluding hydrogens is 312 g/mol. The number of pyridine rings is 1. The van der Waals surface area contributed by atoms with Crippen molar-refractivity contribution in [3.63, 3.8) is 0 Å². The van der Waals surface area contributed by atoms with Crippen LogP contribution in [0.4, 0.5) is 5.82 Å². The normalized spacial score (nSPS) is 13.0. The van der Waals surface area contributed by atoms with Crippen molar-refractivity contribution < 1.29 is 8.42 Å². The van der Waals surface area contributed by atoms with E-state index >= 15 is 0 Å². The molecule has 1 aromatic heterocycles. The minimum Gasteiger partial charge on any atom is -0.369 e. The Bertz CT molecular complexity index is 628. The number of nitrogens with one attached hydrogen (secondary N) is 1. The molecule has 1 rings (SSSR count). The molecule has 0 radical (unpaired) electrons. The highest BCUT2D eigenvalue weighted by Crippen LogP contribution is 2.24. The molecule has 1 N–H and O–H groups in total. The SMILES string of the molecule is CCCNc1ncc(S(=O)(=O)N(C)CC(C)C#N)cc1Cl. The van der Waals surface area contributed by atoms with E-state index in [0.29, 0.717) is 12.4 Å². The van der Waals surface area contributed by atoms with Crippen molar-refractivity contribution >= 4 is 27.4 Å². The van der Waals surface area contributed by atoms with E-state index in [1.165, 1.54) is 19.3 Å². The first kappa shape index (κ1) is 17.7. The fraction of sp³-hybridized carbons (Fsp3) is 0.538. The van der Waals surface area contributed by atoms with Gasteiger partial charge in [0.15, 0.2) is 0 Å². The summed E-state index contributed by atoms with van der Waals surface area (Å²) >= 11 is 6.05. The molecule has 0 fully saturated rings. The number of nitrogens with zero attached hydrogens (tertiary/aromatic N) is 3. The molecule has 0 aliphatic heterocycles. The zero-order valence-electron chi connectivity index (χ0n) is 12.3.